The van der Waals surface area contributed by atoms with Crippen molar-refractivity contribution in [2.75, 3.05) is 19.6 Å². The second-order valence-corrected chi connectivity index (χ2v) is 5.15. The van der Waals surface area contributed by atoms with E-state index in [-0.39, 0.29) is 24.1 Å². The van der Waals surface area contributed by atoms with Gasteiger partial charge in [-0.2, -0.15) is 0 Å². The van der Waals surface area contributed by atoms with Crippen LogP contribution in [-0.4, -0.2) is 25.5 Å². The van der Waals surface area contributed by atoms with Crippen molar-refractivity contribution in [2.24, 2.45) is 5.92 Å². The highest BCUT2D eigenvalue weighted by atomic mass is 35.5. The van der Waals surface area contributed by atoms with Crippen LogP contribution in [0.2, 0.25) is 0 Å². The summed E-state index contributed by atoms with van der Waals surface area (Å²) in [6, 6.07) is 6.43. The maximum Gasteiger partial charge on any atom is 0.220 e. The number of hydrogen-bond donors (Lipinski definition) is 2. The molecule has 0 aromatic heterocycles. The minimum atomic E-state index is -0.244. The Morgan fingerprint density at radius 3 is 3.00 bits per heavy atom. The number of rotatable bonds is 5. The summed E-state index contributed by atoms with van der Waals surface area (Å²) in [4.78, 5) is 11.7. The fraction of sp³-hybridized carbons (Fsp3) is 0.533. The first-order chi connectivity index (χ1) is 9.24. The van der Waals surface area contributed by atoms with Crippen LogP contribution in [0, 0.1) is 11.7 Å². The van der Waals surface area contributed by atoms with Crippen LogP contribution in [0.3, 0.4) is 0 Å². The lowest BCUT2D eigenvalue weighted by molar-refractivity contribution is -0.121. The highest BCUT2D eigenvalue weighted by Crippen LogP contribution is 2.09. The van der Waals surface area contributed by atoms with Crippen molar-refractivity contribution in [3.63, 3.8) is 0 Å². The summed E-state index contributed by atoms with van der Waals surface area (Å²) >= 11 is 0. The van der Waals surface area contributed by atoms with E-state index in [1.807, 2.05) is 6.07 Å². The molecule has 5 heteroatoms. The fourth-order valence-corrected chi connectivity index (χ4v) is 2.40. The molecule has 0 spiro atoms. The molecule has 20 heavy (non-hydrogen) atoms. The third-order valence-electron chi connectivity index (χ3n) is 3.52. The number of nitrogens with one attached hydrogen (secondary N) is 2. The van der Waals surface area contributed by atoms with Crippen LogP contribution < -0.4 is 10.6 Å². The first-order valence-electron chi connectivity index (χ1n) is 6.96. The lowest BCUT2D eigenvalue weighted by Gasteiger charge is -2.22. The zero-order chi connectivity index (χ0) is 13.5. The van der Waals surface area contributed by atoms with Crippen LogP contribution in [0.25, 0.3) is 0 Å². The van der Waals surface area contributed by atoms with Gasteiger partial charge in [0.1, 0.15) is 5.82 Å². The van der Waals surface area contributed by atoms with Gasteiger partial charge in [0.2, 0.25) is 5.91 Å². The van der Waals surface area contributed by atoms with E-state index >= 15 is 0 Å². The zero-order valence-electron chi connectivity index (χ0n) is 11.5. The van der Waals surface area contributed by atoms with E-state index in [0.717, 1.165) is 25.2 Å². The number of carbonyl (C=O) groups excluding carboxylic acids is 1. The van der Waals surface area contributed by atoms with Crippen LogP contribution >= 0.6 is 12.4 Å². The molecule has 0 bridgehead atoms. The first kappa shape index (κ1) is 16.9. The maximum absolute atomic E-state index is 13.0. The van der Waals surface area contributed by atoms with E-state index in [1.54, 1.807) is 6.07 Å². The number of carbonyl (C=O) groups is 1. The molecular weight excluding hydrogens is 279 g/mol. The molecule has 1 heterocycles. The molecule has 0 aliphatic carbocycles. The van der Waals surface area contributed by atoms with Crippen molar-refractivity contribution >= 4 is 18.3 Å². The minimum Gasteiger partial charge on any atom is -0.356 e. The molecule has 2 rings (SSSR count). The predicted octanol–water partition coefficient (Wildman–Crippen LogP) is 2.30. The monoisotopic (exact) mass is 300 g/mol. The molecule has 1 aliphatic rings. The largest absolute Gasteiger partial charge is 0.356 e. The standard InChI is InChI=1S/C15H21FN2O.ClH/c16-14-5-1-3-12(9-14)6-7-15(19)18-11-13-4-2-8-17-10-13;/h1,3,5,9,13,17H,2,4,6-8,10-11H2,(H,18,19);1H. The maximum atomic E-state index is 13.0. The summed E-state index contributed by atoms with van der Waals surface area (Å²) in [6.07, 6.45) is 3.37. The predicted molar refractivity (Wildman–Crippen MR) is 80.6 cm³/mol. The van der Waals surface area contributed by atoms with Crippen LogP contribution in [0.5, 0.6) is 0 Å². The van der Waals surface area contributed by atoms with Crippen molar-refractivity contribution in [1.29, 1.82) is 0 Å². The van der Waals surface area contributed by atoms with Gasteiger partial charge in [0.15, 0.2) is 0 Å². The fourth-order valence-electron chi connectivity index (χ4n) is 2.40. The Bertz CT molecular complexity index is 422. The molecule has 0 radical (unpaired) electrons. The first-order valence-corrected chi connectivity index (χ1v) is 6.96. The van der Waals surface area contributed by atoms with Crippen LogP contribution in [0.15, 0.2) is 24.3 Å². The molecule has 1 atom stereocenters. The average Bonchev–Trinajstić information content (AvgIpc) is 2.44. The lowest BCUT2D eigenvalue weighted by Crippen LogP contribution is -2.38. The van der Waals surface area contributed by atoms with E-state index in [1.165, 1.54) is 25.0 Å². The van der Waals surface area contributed by atoms with E-state index in [0.29, 0.717) is 18.8 Å². The summed E-state index contributed by atoms with van der Waals surface area (Å²) in [5, 5.41) is 6.29. The summed E-state index contributed by atoms with van der Waals surface area (Å²) in [5.74, 6) is 0.355. The third-order valence-corrected chi connectivity index (χ3v) is 3.52. The van der Waals surface area contributed by atoms with Gasteiger partial charge in [-0.15, -0.1) is 12.4 Å². The van der Waals surface area contributed by atoms with Crippen molar-refractivity contribution in [3.05, 3.63) is 35.6 Å². The second kappa shape index (κ2) is 8.93. The average molecular weight is 301 g/mol. The summed E-state index contributed by atoms with van der Waals surface area (Å²) in [6.45, 7) is 2.82. The molecule has 1 unspecified atom stereocenters. The lowest BCUT2D eigenvalue weighted by atomic mass is 10.00. The number of halogens is 2. The number of piperidine rings is 1. The summed E-state index contributed by atoms with van der Waals surface area (Å²) < 4.78 is 13.0. The molecule has 1 aromatic carbocycles. The molecule has 1 amide bonds. The summed E-state index contributed by atoms with van der Waals surface area (Å²) in [5.41, 5.74) is 0.870. The highest BCUT2D eigenvalue weighted by Gasteiger charge is 2.13. The van der Waals surface area contributed by atoms with E-state index in [4.69, 9.17) is 0 Å². The Kier molecular flexibility index (Phi) is 7.55. The van der Waals surface area contributed by atoms with Gasteiger partial charge in [-0.1, -0.05) is 12.1 Å². The normalized spacial score (nSPS) is 18.1. The number of aryl methyl sites for hydroxylation is 1. The van der Waals surface area contributed by atoms with Gasteiger partial charge in [-0.25, -0.2) is 4.39 Å². The van der Waals surface area contributed by atoms with Gasteiger partial charge in [-0.3, -0.25) is 4.79 Å². The van der Waals surface area contributed by atoms with Gasteiger partial charge in [0.25, 0.3) is 0 Å². The van der Waals surface area contributed by atoms with Gasteiger partial charge >= 0.3 is 0 Å². The minimum absolute atomic E-state index is 0. The molecule has 2 N–H and O–H groups in total. The Hall–Kier alpha value is -1.13. The Balaban J connectivity index is 0.00000200. The van der Waals surface area contributed by atoms with E-state index in [9.17, 15) is 9.18 Å². The number of benzene rings is 1. The Labute approximate surface area is 125 Å². The quantitative estimate of drug-likeness (QED) is 0.876. The molecule has 3 nitrogen and oxygen atoms in total. The van der Waals surface area contributed by atoms with Crippen LogP contribution in [-0.2, 0) is 11.2 Å². The molecule has 112 valence electrons. The zero-order valence-corrected chi connectivity index (χ0v) is 12.3. The van der Waals surface area contributed by atoms with Gasteiger partial charge in [-0.05, 0) is 56.0 Å². The van der Waals surface area contributed by atoms with Gasteiger partial charge in [0, 0.05) is 13.0 Å². The Morgan fingerprint density at radius 2 is 2.30 bits per heavy atom. The SMILES string of the molecule is Cl.O=C(CCc1cccc(F)c1)NCC1CCCNC1. The number of hydrogen-bond acceptors (Lipinski definition) is 2. The molecular formula is C15H22ClFN2O. The smallest absolute Gasteiger partial charge is 0.220 e. The highest BCUT2D eigenvalue weighted by molar-refractivity contribution is 5.85. The molecule has 1 saturated heterocycles. The summed E-state index contributed by atoms with van der Waals surface area (Å²) in [7, 11) is 0. The molecule has 1 fully saturated rings. The molecule has 0 saturated carbocycles. The van der Waals surface area contributed by atoms with Crippen molar-refractivity contribution in [3.8, 4) is 0 Å². The molecule has 1 aliphatic heterocycles. The van der Waals surface area contributed by atoms with Crippen LogP contribution in [0.1, 0.15) is 24.8 Å². The van der Waals surface area contributed by atoms with Crippen LogP contribution in [0.4, 0.5) is 4.39 Å². The second-order valence-electron chi connectivity index (χ2n) is 5.15. The Morgan fingerprint density at radius 1 is 1.45 bits per heavy atom. The van der Waals surface area contributed by atoms with Crippen molar-refractivity contribution in [2.45, 2.75) is 25.7 Å². The number of amides is 1. The van der Waals surface area contributed by atoms with Gasteiger partial charge < -0.3 is 10.6 Å². The van der Waals surface area contributed by atoms with Crippen molar-refractivity contribution < 1.29 is 9.18 Å². The molecule has 1 aromatic rings. The topological polar surface area (TPSA) is 41.1 Å². The van der Waals surface area contributed by atoms with Crippen molar-refractivity contribution in [1.82, 2.24) is 10.6 Å². The van der Waals surface area contributed by atoms with Gasteiger partial charge in [0.05, 0.1) is 0 Å². The van der Waals surface area contributed by atoms with E-state index in [2.05, 4.69) is 10.6 Å². The van der Waals surface area contributed by atoms with E-state index < -0.39 is 0 Å². The third kappa shape index (κ3) is 5.88.